The molecule has 0 aliphatic carbocycles. The molecule has 1 nitrogen and oxygen atoms in total. The topological polar surface area (TPSA) is 9.23 Å². The summed E-state index contributed by atoms with van der Waals surface area (Å²) in [4.78, 5) is 0. The van der Waals surface area contributed by atoms with Gasteiger partial charge in [0.25, 0.3) is 0 Å². The van der Waals surface area contributed by atoms with Gasteiger partial charge in [-0.15, -0.1) is 0 Å². The fraction of sp³-hybridized carbons (Fsp3) is 1.00. The molecule has 0 spiro atoms. The third kappa shape index (κ3) is 16.2. The average molecular weight is 271 g/mol. The maximum atomic E-state index is 5.69. The molecule has 0 heterocycles. The smallest absolute Gasteiger partial charge is 0.229 e. The molecule has 0 saturated heterocycles. The fourth-order valence-corrected chi connectivity index (χ4v) is 2.90. The fourth-order valence-electron chi connectivity index (χ4n) is 2.08. The maximum Gasteiger partial charge on any atom is 0.229 e. The van der Waals surface area contributed by atoms with Crippen molar-refractivity contribution >= 4 is 9.76 Å². The monoisotopic (exact) mass is 270 g/mol. The molecule has 0 aromatic rings. The van der Waals surface area contributed by atoms with Gasteiger partial charge in [-0.2, -0.15) is 0 Å². The van der Waals surface area contributed by atoms with Crippen LogP contribution in [0.25, 0.3) is 0 Å². The largest absolute Gasteiger partial charge is 0.417 e. The Kier molecular flexibility index (Phi) is 17.3. The Bertz CT molecular complexity index is 123. The van der Waals surface area contributed by atoms with Crippen LogP contribution in [-0.2, 0) is 4.43 Å². The van der Waals surface area contributed by atoms with Crippen molar-refractivity contribution in [1.29, 1.82) is 0 Å². The van der Waals surface area contributed by atoms with Gasteiger partial charge in [0, 0.05) is 6.61 Å². The number of hydrogen-bond donors (Lipinski definition) is 0. The lowest BCUT2D eigenvalue weighted by Crippen LogP contribution is -2.00. The van der Waals surface area contributed by atoms with E-state index in [1.165, 1.54) is 83.1 Å². The standard InChI is InChI=1S/C16H34OSi/c1-3-5-7-9-10-11-12-13-15-17-18-16-14-8-6-4-2/h3-16H2,1-2H3. The Labute approximate surface area is 118 Å². The van der Waals surface area contributed by atoms with Crippen LogP contribution in [0.1, 0.15) is 90.9 Å². The van der Waals surface area contributed by atoms with Gasteiger partial charge in [-0.05, 0) is 12.5 Å². The van der Waals surface area contributed by atoms with Crippen LogP contribution in [-0.4, -0.2) is 16.4 Å². The van der Waals surface area contributed by atoms with Crippen LogP contribution < -0.4 is 0 Å². The summed E-state index contributed by atoms with van der Waals surface area (Å²) in [5.74, 6) is 0. The molecule has 0 bridgehead atoms. The molecule has 2 heteroatoms. The number of unbranched alkanes of at least 4 members (excludes halogenated alkanes) is 10. The molecule has 18 heavy (non-hydrogen) atoms. The van der Waals surface area contributed by atoms with Gasteiger partial charge in [0.05, 0.1) is 0 Å². The lowest BCUT2D eigenvalue weighted by atomic mass is 10.1. The van der Waals surface area contributed by atoms with Crippen LogP contribution in [0.15, 0.2) is 0 Å². The highest BCUT2D eigenvalue weighted by molar-refractivity contribution is 6.26. The van der Waals surface area contributed by atoms with Gasteiger partial charge >= 0.3 is 0 Å². The minimum Gasteiger partial charge on any atom is -0.417 e. The zero-order valence-corrected chi connectivity index (χ0v) is 13.8. The Balaban J connectivity index is 2.86. The summed E-state index contributed by atoms with van der Waals surface area (Å²) >= 11 is 0. The Morgan fingerprint density at radius 1 is 0.611 bits per heavy atom. The molecule has 0 fully saturated rings. The zero-order valence-electron chi connectivity index (χ0n) is 12.8. The lowest BCUT2D eigenvalue weighted by Gasteiger charge is -2.03. The van der Waals surface area contributed by atoms with Gasteiger partial charge in [0.1, 0.15) is 0 Å². The molecule has 0 amide bonds. The van der Waals surface area contributed by atoms with Gasteiger partial charge in [-0.1, -0.05) is 84.5 Å². The molecule has 108 valence electrons. The molecule has 0 aromatic carbocycles. The summed E-state index contributed by atoms with van der Waals surface area (Å²) < 4.78 is 5.69. The van der Waals surface area contributed by atoms with E-state index in [4.69, 9.17) is 4.43 Å². The second-order valence-corrected chi connectivity index (χ2v) is 6.36. The first-order valence-electron chi connectivity index (χ1n) is 8.26. The van der Waals surface area contributed by atoms with E-state index in [1.807, 2.05) is 0 Å². The van der Waals surface area contributed by atoms with E-state index in [0.717, 1.165) is 16.4 Å². The highest BCUT2D eigenvalue weighted by Gasteiger charge is 1.94. The Morgan fingerprint density at radius 2 is 1.11 bits per heavy atom. The van der Waals surface area contributed by atoms with Crippen molar-refractivity contribution < 1.29 is 4.43 Å². The highest BCUT2D eigenvalue weighted by atomic mass is 28.2. The third-order valence-electron chi connectivity index (χ3n) is 3.33. The summed E-state index contributed by atoms with van der Waals surface area (Å²) in [6.07, 6.45) is 16.6. The first-order valence-corrected chi connectivity index (χ1v) is 9.38. The molecule has 2 radical (unpaired) electrons. The minimum absolute atomic E-state index is 0.756. The van der Waals surface area contributed by atoms with E-state index >= 15 is 0 Å². The quantitative estimate of drug-likeness (QED) is 0.271. The second kappa shape index (κ2) is 17.2. The van der Waals surface area contributed by atoms with Crippen LogP contribution in [0.4, 0.5) is 0 Å². The normalized spacial score (nSPS) is 11.0. The van der Waals surface area contributed by atoms with Crippen molar-refractivity contribution in [2.75, 3.05) is 6.61 Å². The van der Waals surface area contributed by atoms with Crippen molar-refractivity contribution in [3.63, 3.8) is 0 Å². The van der Waals surface area contributed by atoms with Crippen LogP contribution in [0.2, 0.25) is 6.04 Å². The van der Waals surface area contributed by atoms with Crippen LogP contribution in [0.5, 0.6) is 0 Å². The molecular weight excluding hydrogens is 236 g/mol. The van der Waals surface area contributed by atoms with E-state index in [2.05, 4.69) is 13.8 Å². The molecule has 0 N–H and O–H groups in total. The SMILES string of the molecule is CCCCCCCCCCO[Si]CCCCCC. The van der Waals surface area contributed by atoms with E-state index in [9.17, 15) is 0 Å². The van der Waals surface area contributed by atoms with E-state index < -0.39 is 0 Å². The molecule has 0 aromatic heterocycles. The van der Waals surface area contributed by atoms with Crippen LogP contribution >= 0.6 is 0 Å². The summed E-state index contributed by atoms with van der Waals surface area (Å²) in [6, 6.07) is 1.29. The summed E-state index contributed by atoms with van der Waals surface area (Å²) in [6.45, 7) is 5.54. The highest BCUT2D eigenvalue weighted by Crippen LogP contribution is 2.08. The van der Waals surface area contributed by atoms with Crippen molar-refractivity contribution in [3.05, 3.63) is 0 Å². The Morgan fingerprint density at radius 3 is 1.72 bits per heavy atom. The molecule has 0 aliphatic rings. The molecule has 0 rings (SSSR count). The summed E-state index contributed by atoms with van der Waals surface area (Å²) in [5, 5.41) is 0. The van der Waals surface area contributed by atoms with Crippen LogP contribution in [0, 0.1) is 0 Å². The van der Waals surface area contributed by atoms with Crippen molar-refractivity contribution in [2.24, 2.45) is 0 Å². The lowest BCUT2D eigenvalue weighted by molar-refractivity contribution is 0.319. The maximum absolute atomic E-state index is 5.69. The first kappa shape index (κ1) is 18.2. The van der Waals surface area contributed by atoms with E-state index in [1.54, 1.807) is 0 Å². The predicted octanol–water partition coefficient (Wildman–Crippen LogP) is 5.76. The average Bonchev–Trinajstić information content (AvgIpc) is 2.39. The number of hydrogen-bond acceptors (Lipinski definition) is 1. The first-order chi connectivity index (χ1) is 8.91. The molecular formula is C16H34OSi. The molecule has 0 atom stereocenters. The third-order valence-corrected chi connectivity index (χ3v) is 4.30. The van der Waals surface area contributed by atoms with Gasteiger partial charge in [-0.3, -0.25) is 0 Å². The summed E-state index contributed by atoms with van der Waals surface area (Å²) in [5.41, 5.74) is 0. The molecule has 0 saturated carbocycles. The van der Waals surface area contributed by atoms with Gasteiger partial charge in [0.15, 0.2) is 0 Å². The van der Waals surface area contributed by atoms with E-state index in [0.29, 0.717) is 0 Å². The minimum atomic E-state index is 0.756. The van der Waals surface area contributed by atoms with Crippen molar-refractivity contribution in [3.8, 4) is 0 Å². The van der Waals surface area contributed by atoms with Gasteiger partial charge in [-0.25, -0.2) is 0 Å². The number of rotatable bonds is 15. The van der Waals surface area contributed by atoms with Crippen molar-refractivity contribution in [1.82, 2.24) is 0 Å². The second-order valence-electron chi connectivity index (χ2n) is 5.28. The summed E-state index contributed by atoms with van der Waals surface area (Å²) in [7, 11) is 0.756. The van der Waals surface area contributed by atoms with E-state index in [-0.39, 0.29) is 0 Å². The Hall–Kier alpha value is 0.177. The van der Waals surface area contributed by atoms with Gasteiger partial charge in [0.2, 0.25) is 9.76 Å². The molecule has 0 aliphatic heterocycles. The predicted molar refractivity (Wildman–Crippen MR) is 83.3 cm³/mol. The van der Waals surface area contributed by atoms with Crippen molar-refractivity contribution in [2.45, 2.75) is 96.9 Å². The van der Waals surface area contributed by atoms with Gasteiger partial charge < -0.3 is 4.43 Å². The zero-order chi connectivity index (χ0) is 13.3. The molecule has 0 unspecified atom stereocenters. The van der Waals surface area contributed by atoms with Crippen LogP contribution in [0.3, 0.4) is 0 Å².